The first-order chi connectivity index (χ1) is 14.6. The van der Waals surface area contributed by atoms with Gasteiger partial charge in [0.15, 0.2) is 5.78 Å². The van der Waals surface area contributed by atoms with Gasteiger partial charge in [-0.15, -0.1) is 0 Å². The Morgan fingerprint density at radius 1 is 0.933 bits per heavy atom. The number of carbonyl (C=O) groups is 1. The number of benzene rings is 2. The molecule has 1 fully saturated rings. The van der Waals surface area contributed by atoms with E-state index in [2.05, 4.69) is 4.90 Å². The molecule has 0 saturated carbocycles. The van der Waals surface area contributed by atoms with Gasteiger partial charge in [0.2, 0.25) is 0 Å². The minimum atomic E-state index is -0.417. The quantitative estimate of drug-likeness (QED) is 0.244. The molecule has 1 aliphatic rings. The molecule has 1 aliphatic heterocycles. The van der Waals surface area contributed by atoms with Gasteiger partial charge in [0.05, 0.1) is 10.6 Å². The summed E-state index contributed by atoms with van der Waals surface area (Å²) in [7, 11) is 0. The molecule has 0 aliphatic carbocycles. The third-order valence-corrected chi connectivity index (χ3v) is 5.38. The van der Waals surface area contributed by atoms with Gasteiger partial charge in [-0.3, -0.25) is 14.9 Å². The van der Waals surface area contributed by atoms with Crippen LogP contribution in [-0.2, 0) is 0 Å². The number of piperidine rings is 1. The summed E-state index contributed by atoms with van der Waals surface area (Å²) in [6.07, 6.45) is 8.81. The summed E-state index contributed by atoms with van der Waals surface area (Å²) in [4.78, 5) is 25.6. The van der Waals surface area contributed by atoms with E-state index in [1.165, 1.54) is 31.4 Å². The average Bonchev–Trinajstić information content (AvgIpc) is 3.27. The first-order valence-electron chi connectivity index (χ1n) is 10.1. The van der Waals surface area contributed by atoms with Crippen LogP contribution in [0.2, 0.25) is 0 Å². The lowest BCUT2D eigenvalue weighted by Crippen LogP contribution is -2.29. The minimum Gasteiger partial charge on any atom is -0.372 e. The summed E-state index contributed by atoms with van der Waals surface area (Å²) in [6.45, 7) is 2.14. The molecule has 152 valence electrons. The standard InChI is InChI=1S/C24H23N3O3/c28-24(19-9-11-20(12-10-19)25-15-2-1-3-16-25)14-13-21-8-5-17-26(21)22-6-4-7-23(18-22)27(29)30/h4-14,17-18H,1-3,15-16H2/b14-13+. The summed E-state index contributed by atoms with van der Waals surface area (Å²) in [5, 5.41) is 11.0. The van der Waals surface area contributed by atoms with E-state index in [1.807, 2.05) is 47.2 Å². The lowest BCUT2D eigenvalue weighted by Gasteiger charge is -2.28. The SMILES string of the molecule is O=C(/C=C/c1cccn1-c1cccc([N+](=O)[O-])c1)c1ccc(N2CCCCC2)cc1. The smallest absolute Gasteiger partial charge is 0.271 e. The maximum Gasteiger partial charge on any atom is 0.271 e. The van der Waals surface area contributed by atoms with E-state index in [0.29, 0.717) is 11.3 Å². The highest BCUT2D eigenvalue weighted by Gasteiger charge is 2.12. The lowest BCUT2D eigenvalue weighted by molar-refractivity contribution is -0.384. The maximum atomic E-state index is 12.6. The Balaban J connectivity index is 1.49. The first-order valence-corrected chi connectivity index (χ1v) is 10.1. The second kappa shape index (κ2) is 8.78. The highest BCUT2D eigenvalue weighted by Crippen LogP contribution is 2.22. The highest BCUT2D eigenvalue weighted by molar-refractivity contribution is 6.06. The van der Waals surface area contributed by atoms with E-state index in [1.54, 1.807) is 24.3 Å². The third-order valence-electron chi connectivity index (χ3n) is 5.38. The van der Waals surface area contributed by atoms with Gasteiger partial charge in [0, 0.05) is 48.4 Å². The molecule has 2 heterocycles. The normalized spacial score (nSPS) is 14.2. The van der Waals surface area contributed by atoms with Gasteiger partial charge >= 0.3 is 0 Å². The summed E-state index contributed by atoms with van der Waals surface area (Å²) in [5.41, 5.74) is 3.28. The molecule has 4 rings (SSSR count). The second-order valence-electron chi connectivity index (χ2n) is 7.37. The Morgan fingerprint density at radius 2 is 1.70 bits per heavy atom. The number of nitro groups is 1. The van der Waals surface area contributed by atoms with Gasteiger partial charge < -0.3 is 9.47 Å². The van der Waals surface area contributed by atoms with E-state index in [9.17, 15) is 14.9 Å². The number of hydrogen-bond donors (Lipinski definition) is 0. The molecule has 1 saturated heterocycles. The van der Waals surface area contributed by atoms with E-state index in [-0.39, 0.29) is 11.5 Å². The van der Waals surface area contributed by atoms with Crippen LogP contribution in [0, 0.1) is 10.1 Å². The predicted octanol–water partition coefficient (Wildman–Crippen LogP) is 5.27. The molecule has 0 unspecified atom stereocenters. The van der Waals surface area contributed by atoms with Gasteiger partial charge in [-0.2, -0.15) is 0 Å². The monoisotopic (exact) mass is 401 g/mol. The van der Waals surface area contributed by atoms with Crippen LogP contribution in [0.5, 0.6) is 0 Å². The number of aromatic nitrogens is 1. The molecule has 0 atom stereocenters. The van der Waals surface area contributed by atoms with E-state index >= 15 is 0 Å². The van der Waals surface area contributed by atoms with Crippen LogP contribution in [0.25, 0.3) is 11.8 Å². The fourth-order valence-electron chi connectivity index (χ4n) is 3.77. The molecule has 3 aromatic rings. The Kier molecular flexibility index (Phi) is 5.75. The van der Waals surface area contributed by atoms with Gasteiger partial charge in [0.25, 0.3) is 5.69 Å². The summed E-state index contributed by atoms with van der Waals surface area (Å²) in [5.74, 6) is -0.0769. The number of anilines is 1. The largest absolute Gasteiger partial charge is 0.372 e. The maximum absolute atomic E-state index is 12.6. The third kappa shape index (κ3) is 4.33. The number of ketones is 1. The highest BCUT2D eigenvalue weighted by atomic mass is 16.6. The molecule has 6 heteroatoms. The predicted molar refractivity (Wildman–Crippen MR) is 118 cm³/mol. The molecular weight excluding hydrogens is 378 g/mol. The van der Waals surface area contributed by atoms with Crippen LogP contribution >= 0.6 is 0 Å². The van der Waals surface area contributed by atoms with E-state index in [4.69, 9.17) is 0 Å². The summed E-state index contributed by atoms with van der Waals surface area (Å²) < 4.78 is 1.82. The average molecular weight is 401 g/mol. The van der Waals surface area contributed by atoms with Crippen molar-refractivity contribution in [2.24, 2.45) is 0 Å². The van der Waals surface area contributed by atoms with E-state index < -0.39 is 4.92 Å². The fourth-order valence-corrected chi connectivity index (χ4v) is 3.77. The molecule has 0 amide bonds. The topological polar surface area (TPSA) is 68.4 Å². The molecule has 1 aromatic heterocycles. The van der Waals surface area contributed by atoms with Crippen LogP contribution in [0.4, 0.5) is 11.4 Å². The fraction of sp³-hybridized carbons (Fsp3) is 0.208. The Labute approximate surface area is 175 Å². The van der Waals surface area contributed by atoms with Crippen molar-refractivity contribution in [1.82, 2.24) is 4.57 Å². The Morgan fingerprint density at radius 3 is 2.43 bits per heavy atom. The van der Waals surface area contributed by atoms with Crippen molar-refractivity contribution in [3.05, 3.63) is 94.3 Å². The number of rotatable bonds is 6. The number of nitrogens with zero attached hydrogens (tertiary/aromatic N) is 3. The van der Waals surface area contributed by atoms with Crippen molar-refractivity contribution in [2.45, 2.75) is 19.3 Å². The van der Waals surface area contributed by atoms with Crippen molar-refractivity contribution in [2.75, 3.05) is 18.0 Å². The first kappa shape index (κ1) is 19.6. The van der Waals surface area contributed by atoms with Gasteiger partial charge in [-0.25, -0.2) is 0 Å². The number of hydrogen-bond acceptors (Lipinski definition) is 4. The van der Waals surface area contributed by atoms with Crippen molar-refractivity contribution >= 4 is 23.2 Å². The Hall–Kier alpha value is -3.67. The Bertz CT molecular complexity index is 1080. The lowest BCUT2D eigenvalue weighted by atomic mass is 10.1. The van der Waals surface area contributed by atoms with Gasteiger partial charge in [-0.1, -0.05) is 6.07 Å². The van der Waals surface area contributed by atoms with Crippen molar-refractivity contribution in [3.8, 4) is 5.69 Å². The van der Waals surface area contributed by atoms with Crippen LogP contribution in [-0.4, -0.2) is 28.4 Å². The molecular formula is C24H23N3O3. The van der Waals surface area contributed by atoms with Crippen LogP contribution in [0.3, 0.4) is 0 Å². The second-order valence-corrected chi connectivity index (χ2v) is 7.37. The molecule has 0 radical (unpaired) electrons. The zero-order chi connectivity index (χ0) is 20.9. The molecule has 2 aromatic carbocycles. The van der Waals surface area contributed by atoms with Crippen LogP contribution in [0.1, 0.15) is 35.3 Å². The molecule has 0 bridgehead atoms. The minimum absolute atomic E-state index is 0.0287. The molecule has 6 nitrogen and oxygen atoms in total. The van der Waals surface area contributed by atoms with Gasteiger partial charge in [-0.05, 0) is 73.9 Å². The summed E-state index contributed by atoms with van der Waals surface area (Å²) in [6, 6.07) is 17.9. The molecule has 30 heavy (non-hydrogen) atoms. The van der Waals surface area contributed by atoms with Crippen LogP contribution in [0.15, 0.2) is 72.9 Å². The number of carbonyl (C=O) groups excluding carboxylic acids is 1. The number of allylic oxidation sites excluding steroid dienone is 1. The zero-order valence-electron chi connectivity index (χ0n) is 16.6. The number of non-ortho nitro benzene ring substituents is 1. The molecule has 0 spiro atoms. The van der Waals surface area contributed by atoms with Crippen molar-refractivity contribution in [3.63, 3.8) is 0 Å². The van der Waals surface area contributed by atoms with Crippen molar-refractivity contribution in [1.29, 1.82) is 0 Å². The van der Waals surface area contributed by atoms with Gasteiger partial charge in [0.1, 0.15) is 0 Å². The van der Waals surface area contributed by atoms with E-state index in [0.717, 1.165) is 24.5 Å². The zero-order valence-corrected chi connectivity index (χ0v) is 16.6. The van der Waals surface area contributed by atoms with Crippen molar-refractivity contribution < 1.29 is 9.72 Å². The summed E-state index contributed by atoms with van der Waals surface area (Å²) >= 11 is 0. The number of nitro benzene ring substituents is 1. The van der Waals surface area contributed by atoms with Crippen LogP contribution < -0.4 is 4.90 Å². The molecule has 0 N–H and O–H groups in total.